The van der Waals surface area contributed by atoms with E-state index in [1.165, 1.54) is 109 Å². The molecule has 6 atom stereocenters. The van der Waals surface area contributed by atoms with Crippen LogP contribution in [0.15, 0.2) is 0 Å². The highest BCUT2D eigenvalue weighted by Gasteiger charge is 2.30. The van der Waals surface area contributed by atoms with Gasteiger partial charge in [0.1, 0.15) is 19.3 Å². The molecule has 0 aliphatic rings. The van der Waals surface area contributed by atoms with Crippen molar-refractivity contribution >= 4 is 39.5 Å². The van der Waals surface area contributed by atoms with Crippen molar-refractivity contribution in [1.29, 1.82) is 0 Å². The van der Waals surface area contributed by atoms with Crippen LogP contribution in [0.4, 0.5) is 0 Å². The van der Waals surface area contributed by atoms with Gasteiger partial charge < -0.3 is 33.8 Å². The number of aliphatic hydroxyl groups excluding tert-OH is 1. The topological polar surface area (TPSA) is 237 Å². The summed E-state index contributed by atoms with van der Waals surface area (Å²) in [7, 11) is -9.88. The van der Waals surface area contributed by atoms with Crippen molar-refractivity contribution in [1.82, 2.24) is 0 Å². The Morgan fingerprint density at radius 1 is 0.349 bits per heavy atom. The summed E-state index contributed by atoms with van der Waals surface area (Å²) >= 11 is 0. The van der Waals surface area contributed by atoms with Crippen molar-refractivity contribution in [2.24, 2.45) is 11.8 Å². The molecule has 83 heavy (non-hydrogen) atoms. The number of phosphoric ester groups is 2. The lowest BCUT2D eigenvalue weighted by atomic mass is 9.99. The van der Waals surface area contributed by atoms with Gasteiger partial charge in [0.25, 0.3) is 0 Å². The highest BCUT2D eigenvalue weighted by atomic mass is 31.2. The van der Waals surface area contributed by atoms with Crippen molar-refractivity contribution in [2.45, 2.75) is 336 Å². The third-order valence-corrected chi connectivity index (χ3v) is 17.0. The average molecular weight is 1230 g/mol. The standard InChI is InChI=1S/C64H124O17P2/c1-7-10-12-14-16-29-36-42-48-63(68)80-59(52-74-61(66)46-40-34-26-15-13-11-8-2)54-78-82(70,71)76-50-58(65)51-77-83(72,73)79-55-60(53-75-62(67)47-41-35-31-25-27-32-38-44-56(4)5)81-64(69)49-43-37-30-24-22-20-18-17-19-21-23-28-33-39-45-57(6)9-3/h56-60,65H,7-55H2,1-6H3,(H,70,71)(H,72,73)/t57?,58-,59+,60+/m0/s1. The summed E-state index contributed by atoms with van der Waals surface area (Å²) in [6.07, 6.45) is 39.2. The van der Waals surface area contributed by atoms with Gasteiger partial charge in [0, 0.05) is 25.7 Å². The second-order valence-corrected chi connectivity index (χ2v) is 26.8. The molecule has 0 saturated heterocycles. The number of hydrogen-bond donors (Lipinski definition) is 3. The van der Waals surface area contributed by atoms with Gasteiger partial charge in [-0.05, 0) is 37.5 Å². The average Bonchev–Trinajstić information content (AvgIpc) is 3.47. The first-order valence-electron chi connectivity index (χ1n) is 33.5. The summed E-state index contributed by atoms with van der Waals surface area (Å²) in [5.41, 5.74) is 0. The first kappa shape index (κ1) is 81.1. The SMILES string of the molecule is CCCCCCCCCCC(=O)O[C@H](COC(=O)CCCCCCCCC)COP(=O)(O)OC[C@H](O)COP(=O)(O)OC[C@@H](COC(=O)CCCCCCCCCC(C)C)OC(=O)CCCCCCCCCCCCCCCCC(C)CC. The number of esters is 4. The molecule has 0 saturated carbocycles. The fourth-order valence-electron chi connectivity index (χ4n) is 9.50. The molecule has 19 heteroatoms. The molecular weight excluding hydrogens is 1100 g/mol. The first-order valence-corrected chi connectivity index (χ1v) is 36.5. The Morgan fingerprint density at radius 3 is 0.916 bits per heavy atom. The van der Waals surface area contributed by atoms with Gasteiger partial charge in [-0.1, -0.05) is 266 Å². The molecule has 0 aromatic carbocycles. The Kier molecular flexibility index (Phi) is 55.2. The van der Waals surface area contributed by atoms with Crippen LogP contribution >= 0.6 is 15.6 Å². The minimum absolute atomic E-state index is 0.104. The number of phosphoric acid groups is 2. The molecule has 0 bridgehead atoms. The van der Waals surface area contributed by atoms with Crippen LogP contribution in [0.1, 0.15) is 318 Å². The Labute approximate surface area is 505 Å². The summed E-state index contributed by atoms with van der Waals surface area (Å²) < 4.78 is 67.8. The van der Waals surface area contributed by atoms with E-state index in [9.17, 15) is 43.2 Å². The largest absolute Gasteiger partial charge is 0.472 e. The van der Waals surface area contributed by atoms with Crippen LogP contribution in [-0.2, 0) is 65.4 Å². The molecule has 0 aliphatic carbocycles. The first-order chi connectivity index (χ1) is 39.9. The van der Waals surface area contributed by atoms with Gasteiger partial charge in [0.15, 0.2) is 12.2 Å². The second-order valence-electron chi connectivity index (χ2n) is 23.9. The van der Waals surface area contributed by atoms with Crippen LogP contribution < -0.4 is 0 Å². The van der Waals surface area contributed by atoms with Crippen LogP contribution in [0.25, 0.3) is 0 Å². The molecule has 3 unspecified atom stereocenters. The molecule has 0 aliphatic heterocycles. The number of carbonyl (C=O) groups excluding carboxylic acids is 4. The summed E-state index contributed by atoms with van der Waals surface area (Å²) in [6.45, 7) is 9.43. The van der Waals surface area contributed by atoms with E-state index in [1.807, 2.05) is 0 Å². The highest BCUT2D eigenvalue weighted by Crippen LogP contribution is 2.45. The summed E-state index contributed by atoms with van der Waals surface area (Å²) in [4.78, 5) is 72.0. The highest BCUT2D eigenvalue weighted by molar-refractivity contribution is 7.47. The Bertz CT molecular complexity index is 1630. The van der Waals surface area contributed by atoms with Crippen molar-refractivity contribution in [2.75, 3.05) is 39.6 Å². The van der Waals surface area contributed by atoms with Crippen LogP contribution in [0.2, 0.25) is 0 Å². The molecule has 0 amide bonds. The lowest BCUT2D eigenvalue weighted by Gasteiger charge is -2.21. The maximum Gasteiger partial charge on any atom is 0.472 e. The third-order valence-electron chi connectivity index (χ3n) is 15.1. The van der Waals surface area contributed by atoms with Gasteiger partial charge >= 0.3 is 39.5 Å². The van der Waals surface area contributed by atoms with Crippen LogP contribution in [0.3, 0.4) is 0 Å². The van der Waals surface area contributed by atoms with Gasteiger partial charge in [0.05, 0.1) is 26.4 Å². The van der Waals surface area contributed by atoms with Gasteiger partial charge in [-0.3, -0.25) is 37.3 Å². The van der Waals surface area contributed by atoms with Crippen LogP contribution in [0.5, 0.6) is 0 Å². The fourth-order valence-corrected chi connectivity index (χ4v) is 11.1. The minimum Gasteiger partial charge on any atom is -0.462 e. The van der Waals surface area contributed by atoms with E-state index in [-0.39, 0.29) is 25.7 Å². The maximum absolute atomic E-state index is 13.0. The molecule has 492 valence electrons. The number of hydrogen-bond acceptors (Lipinski definition) is 15. The van der Waals surface area contributed by atoms with Crippen molar-refractivity contribution in [3.63, 3.8) is 0 Å². The lowest BCUT2D eigenvalue weighted by molar-refractivity contribution is -0.161. The normalized spacial score (nSPS) is 14.6. The molecule has 0 heterocycles. The number of unbranched alkanes of at least 4 members (excludes halogenated alkanes) is 32. The van der Waals surface area contributed by atoms with E-state index in [1.54, 1.807) is 0 Å². The Morgan fingerprint density at radius 2 is 0.614 bits per heavy atom. The fraction of sp³-hybridized carbons (Fsp3) is 0.938. The Balaban J connectivity index is 5.15. The third kappa shape index (κ3) is 57.6. The van der Waals surface area contributed by atoms with Gasteiger partial charge in [-0.2, -0.15) is 0 Å². The molecule has 0 aromatic rings. The van der Waals surface area contributed by atoms with E-state index >= 15 is 0 Å². The number of rotatable bonds is 63. The summed E-state index contributed by atoms with van der Waals surface area (Å²) in [6, 6.07) is 0. The van der Waals surface area contributed by atoms with Gasteiger partial charge in [-0.25, -0.2) is 9.13 Å². The molecule has 0 spiro atoms. The number of carbonyl (C=O) groups is 4. The molecule has 0 aromatic heterocycles. The number of aliphatic hydroxyl groups is 1. The smallest absolute Gasteiger partial charge is 0.462 e. The molecule has 0 fully saturated rings. The van der Waals surface area contributed by atoms with Crippen LogP contribution in [-0.4, -0.2) is 96.7 Å². The van der Waals surface area contributed by atoms with Crippen molar-refractivity contribution in [3.05, 3.63) is 0 Å². The molecule has 0 radical (unpaired) electrons. The summed E-state index contributed by atoms with van der Waals surface area (Å²) in [5, 5.41) is 10.5. The maximum atomic E-state index is 13.0. The van der Waals surface area contributed by atoms with Crippen LogP contribution in [0, 0.1) is 11.8 Å². The Hall–Kier alpha value is -1.94. The second kappa shape index (κ2) is 56.6. The van der Waals surface area contributed by atoms with E-state index in [4.69, 9.17) is 37.0 Å². The van der Waals surface area contributed by atoms with Crippen molar-refractivity contribution in [3.8, 4) is 0 Å². The molecule has 17 nitrogen and oxygen atoms in total. The van der Waals surface area contributed by atoms with E-state index in [0.29, 0.717) is 31.6 Å². The van der Waals surface area contributed by atoms with E-state index in [0.717, 1.165) is 121 Å². The van der Waals surface area contributed by atoms with E-state index in [2.05, 4.69) is 41.5 Å². The lowest BCUT2D eigenvalue weighted by Crippen LogP contribution is -2.30. The zero-order chi connectivity index (χ0) is 61.5. The minimum atomic E-state index is -4.94. The van der Waals surface area contributed by atoms with Gasteiger partial charge in [-0.15, -0.1) is 0 Å². The predicted molar refractivity (Wildman–Crippen MR) is 331 cm³/mol. The van der Waals surface area contributed by atoms with E-state index < -0.39 is 97.5 Å². The quantitative estimate of drug-likeness (QED) is 0.0222. The monoisotopic (exact) mass is 1230 g/mol. The summed E-state index contributed by atoms with van der Waals surface area (Å²) in [5.74, 6) is -0.590. The molecule has 3 N–H and O–H groups in total. The van der Waals surface area contributed by atoms with Crippen molar-refractivity contribution < 1.29 is 80.2 Å². The van der Waals surface area contributed by atoms with Gasteiger partial charge in [0.2, 0.25) is 0 Å². The molecular formula is C64H124O17P2. The zero-order valence-electron chi connectivity index (χ0n) is 53.5. The number of ether oxygens (including phenoxy) is 4. The zero-order valence-corrected chi connectivity index (χ0v) is 55.3. The predicted octanol–water partition coefficient (Wildman–Crippen LogP) is 17.7. The molecule has 0 rings (SSSR count).